The van der Waals surface area contributed by atoms with Crippen LogP contribution in [-0.2, 0) is 6.42 Å². The second kappa shape index (κ2) is 6.45. The second-order valence-corrected chi connectivity index (χ2v) is 3.90. The van der Waals surface area contributed by atoms with Gasteiger partial charge < -0.3 is 9.84 Å². The van der Waals surface area contributed by atoms with E-state index < -0.39 is 33.1 Å². The van der Waals surface area contributed by atoms with Crippen LogP contribution in [0.25, 0.3) is 0 Å². The van der Waals surface area contributed by atoms with E-state index in [2.05, 4.69) is 4.74 Å². The average molecular weight is 284 g/mol. The fourth-order valence-corrected chi connectivity index (χ4v) is 1.75. The van der Waals surface area contributed by atoms with Gasteiger partial charge in [-0.25, -0.2) is 4.79 Å². The Labute approximate surface area is 113 Å². The highest BCUT2D eigenvalue weighted by atomic mass is 16.7. The van der Waals surface area contributed by atoms with Crippen molar-refractivity contribution in [2.45, 2.75) is 26.2 Å². The first-order valence-electron chi connectivity index (χ1n) is 5.73. The first kappa shape index (κ1) is 15.3. The summed E-state index contributed by atoms with van der Waals surface area (Å²) in [7, 11) is 0. The Morgan fingerprint density at radius 3 is 2.40 bits per heavy atom. The molecule has 0 fully saturated rings. The number of nitro groups is 2. The number of nitro benzene ring substituents is 2. The molecule has 1 aromatic rings. The minimum Gasteiger partial charge on any atom is -0.449 e. The van der Waals surface area contributed by atoms with Crippen LogP contribution < -0.4 is 4.74 Å². The molecule has 1 rings (SSSR count). The summed E-state index contributed by atoms with van der Waals surface area (Å²) in [5.41, 5.74) is -1.21. The van der Waals surface area contributed by atoms with Crippen molar-refractivity contribution in [2.75, 3.05) is 0 Å². The number of carbonyl (C=O) groups is 1. The molecule has 0 atom stereocenters. The van der Waals surface area contributed by atoms with Gasteiger partial charge in [-0.1, -0.05) is 13.3 Å². The number of unbranched alkanes of at least 4 members (excludes halogenated alkanes) is 1. The lowest BCUT2D eigenvalue weighted by Crippen LogP contribution is -2.08. The van der Waals surface area contributed by atoms with Crippen molar-refractivity contribution in [3.05, 3.63) is 37.9 Å². The van der Waals surface area contributed by atoms with Crippen LogP contribution >= 0.6 is 0 Å². The topological polar surface area (TPSA) is 133 Å². The molecule has 9 heteroatoms. The summed E-state index contributed by atoms with van der Waals surface area (Å²) in [5, 5.41) is 30.5. The van der Waals surface area contributed by atoms with Gasteiger partial charge in [-0.05, 0) is 18.9 Å². The highest BCUT2D eigenvalue weighted by molar-refractivity contribution is 5.68. The number of hydrogen-bond acceptors (Lipinski definition) is 6. The number of rotatable bonds is 6. The van der Waals surface area contributed by atoms with Gasteiger partial charge in [-0.15, -0.1) is 0 Å². The maximum atomic E-state index is 11.1. The molecule has 0 aliphatic carbocycles. The van der Waals surface area contributed by atoms with Crippen molar-refractivity contribution in [1.29, 1.82) is 0 Å². The minimum atomic E-state index is -1.72. The van der Waals surface area contributed by atoms with Gasteiger partial charge in [0.2, 0.25) is 5.75 Å². The predicted octanol–water partition coefficient (Wildman–Crippen LogP) is 2.90. The lowest BCUT2D eigenvalue weighted by Gasteiger charge is -2.07. The quantitative estimate of drug-likeness (QED) is 0.367. The number of hydrogen-bond donors (Lipinski definition) is 1. The summed E-state index contributed by atoms with van der Waals surface area (Å²) < 4.78 is 4.31. The van der Waals surface area contributed by atoms with Gasteiger partial charge in [0, 0.05) is 6.07 Å². The maximum absolute atomic E-state index is 11.1. The second-order valence-electron chi connectivity index (χ2n) is 3.90. The molecule has 1 aromatic carbocycles. The van der Waals surface area contributed by atoms with Gasteiger partial charge >= 0.3 is 11.8 Å². The van der Waals surface area contributed by atoms with Crippen LogP contribution in [0.15, 0.2) is 12.1 Å². The van der Waals surface area contributed by atoms with Crippen LogP contribution in [0.3, 0.4) is 0 Å². The molecule has 108 valence electrons. The van der Waals surface area contributed by atoms with Crippen LogP contribution in [0.2, 0.25) is 0 Å². The average Bonchev–Trinajstić information content (AvgIpc) is 2.34. The van der Waals surface area contributed by atoms with Gasteiger partial charge in [0.15, 0.2) is 0 Å². The molecule has 0 saturated heterocycles. The Bertz CT molecular complexity index is 556. The maximum Gasteiger partial charge on any atom is 0.511 e. The molecule has 0 aliphatic rings. The summed E-state index contributed by atoms with van der Waals surface area (Å²) in [6, 6.07) is 1.93. The molecule has 0 unspecified atom stereocenters. The number of ether oxygens (including phenoxy) is 1. The fraction of sp³-hybridized carbons (Fsp3) is 0.364. The Morgan fingerprint density at radius 1 is 1.30 bits per heavy atom. The monoisotopic (exact) mass is 284 g/mol. The molecular weight excluding hydrogens is 272 g/mol. The number of carboxylic acid groups (broad SMARTS) is 1. The third-order valence-corrected chi connectivity index (χ3v) is 2.58. The van der Waals surface area contributed by atoms with Gasteiger partial charge in [0.05, 0.1) is 9.85 Å². The van der Waals surface area contributed by atoms with Crippen LogP contribution in [-0.4, -0.2) is 21.1 Å². The van der Waals surface area contributed by atoms with E-state index in [1.165, 1.54) is 0 Å². The first-order valence-corrected chi connectivity index (χ1v) is 5.73. The number of nitrogens with zero attached hydrogens (tertiary/aromatic N) is 2. The summed E-state index contributed by atoms with van der Waals surface area (Å²) in [4.78, 5) is 30.9. The third-order valence-electron chi connectivity index (χ3n) is 2.58. The van der Waals surface area contributed by atoms with Crippen LogP contribution in [0, 0.1) is 20.2 Å². The van der Waals surface area contributed by atoms with Crippen molar-refractivity contribution in [3.63, 3.8) is 0 Å². The molecule has 1 N–H and O–H groups in total. The molecule has 0 amide bonds. The molecule has 0 radical (unpaired) electrons. The van der Waals surface area contributed by atoms with E-state index in [1.54, 1.807) is 0 Å². The molecule has 0 aliphatic heterocycles. The SMILES string of the molecule is CCCCc1c([N+](=O)[O-])ccc(OC(=O)O)c1[N+](=O)[O-]. The fourth-order valence-electron chi connectivity index (χ4n) is 1.75. The molecule has 0 saturated carbocycles. The standard InChI is InChI=1S/C11H12N2O7/c1-2-3-4-7-8(12(16)17)5-6-9(20-11(14)15)10(7)13(18)19/h5-6H,2-4H2,1H3,(H,14,15). The summed E-state index contributed by atoms with van der Waals surface area (Å²) >= 11 is 0. The predicted molar refractivity (Wildman–Crippen MR) is 67.0 cm³/mol. The molecule has 9 nitrogen and oxygen atoms in total. The Morgan fingerprint density at radius 2 is 1.95 bits per heavy atom. The van der Waals surface area contributed by atoms with Crippen molar-refractivity contribution in [3.8, 4) is 5.75 Å². The summed E-state index contributed by atoms with van der Waals surface area (Å²) in [6.07, 6.45) is -0.445. The highest BCUT2D eigenvalue weighted by Gasteiger charge is 2.30. The lowest BCUT2D eigenvalue weighted by atomic mass is 10.0. The molecule has 20 heavy (non-hydrogen) atoms. The molecule has 0 bridgehead atoms. The zero-order chi connectivity index (χ0) is 15.3. The summed E-state index contributed by atoms with van der Waals surface area (Å²) in [6.45, 7) is 1.83. The van der Waals surface area contributed by atoms with Crippen molar-refractivity contribution in [1.82, 2.24) is 0 Å². The Hall–Kier alpha value is -2.71. The van der Waals surface area contributed by atoms with E-state index >= 15 is 0 Å². The van der Waals surface area contributed by atoms with E-state index in [9.17, 15) is 25.0 Å². The minimum absolute atomic E-state index is 0.0972. The largest absolute Gasteiger partial charge is 0.511 e. The van der Waals surface area contributed by atoms with E-state index in [-0.39, 0.29) is 12.0 Å². The Kier molecular flexibility index (Phi) is 4.95. The smallest absolute Gasteiger partial charge is 0.449 e. The normalized spacial score (nSPS) is 10.1. The van der Waals surface area contributed by atoms with Crippen molar-refractivity contribution < 1.29 is 24.5 Å². The van der Waals surface area contributed by atoms with Crippen LogP contribution in [0.4, 0.5) is 16.2 Å². The van der Waals surface area contributed by atoms with Gasteiger partial charge in [-0.2, -0.15) is 0 Å². The van der Waals surface area contributed by atoms with Gasteiger partial charge in [-0.3, -0.25) is 20.2 Å². The van der Waals surface area contributed by atoms with E-state index in [4.69, 9.17) is 5.11 Å². The van der Waals surface area contributed by atoms with E-state index in [0.29, 0.717) is 12.8 Å². The van der Waals surface area contributed by atoms with E-state index in [1.807, 2.05) is 6.92 Å². The Balaban J connectivity index is 3.47. The van der Waals surface area contributed by atoms with Gasteiger partial charge in [0.25, 0.3) is 5.69 Å². The summed E-state index contributed by atoms with van der Waals surface area (Å²) in [5.74, 6) is -0.515. The molecular formula is C11H12N2O7. The molecule has 0 heterocycles. The zero-order valence-electron chi connectivity index (χ0n) is 10.6. The van der Waals surface area contributed by atoms with Crippen LogP contribution in [0.1, 0.15) is 25.3 Å². The highest BCUT2D eigenvalue weighted by Crippen LogP contribution is 2.38. The van der Waals surface area contributed by atoms with Gasteiger partial charge in [0.1, 0.15) is 5.56 Å². The lowest BCUT2D eigenvalue weighted by molar-refractivity contribution is -0.396. The molecule has 0 aromatic heterocycles. The number of benzene rings is 1. The molecule has 0 spiro atoms. The third kappa shape index (κ3) is 3.40. The van der Waals surface area contributed by atoms with E-state index in [0.717, 1.165) is 12.1 Å². The van der Waals surface area contributed by atoms with Crippen molar-refractivity contribution in [2.24, 2.45) is 0 Å². The van der Waals surface area contributed by atoms with Crippen LogP contribution in [0.5, 0.6) is 5.75 Å². The zero-order valence-corrected chi connectivity index (χ0v) is 10.6. The van der Waals surface area contributed by atoms with Crippen molar-refractivity contribution >= 4 is 17.5 Å². The first-order chi connectivity index (χ1) is 9.38.